The summed E-state index contributed by atoms with van der Waals surface area (Å²) in [6, 6.07) is 14.5. The number of nitrogens with zero attached hydrogens (tertiary/aromatic N) is 1. The maximum absolute atomic E-state index is 13.3. The highest BCUT2D eigenvalue weighted by Crippen LogP contribution is 2.46. The van der Waals surface area contributed by atoms with Crippen LogP contribution in [-0.2, 0) is 13.0 Å². The molecule has 0 radical (unpaired) electrons. The van der Waals surface area contributed by atoms with Gasteiger partial charge in [0.05, 0.1) is 17.6 Å². The fourth-order valence-corrected chi connectivity index (χ4v) is 6.04. The Balaban J connectivity index is 1.39. The number of piperidine rings is 1. The van der Waals surface area contributed by atoms with Crippen molar-refractivity contribution in [2.24, 2.45) is 5.92 Å². The maximum Gasteiger partial charge on any atom is 0.179 e. The average molecular weight is 505 g/mol. The smallest absolute Gasteiger partial charge is 0.179 e. The number of carbonyl (C=O) groups is 1. The maximum atomic E-state index is 13.3. The molecule has 1 aliphatic carbocycles. The van der Waals surface area contributed by atoms with E-state index in [1.807, 2.05) is 12.1 Å². The zero-order valence-corrected chi connectivity index (χ0v) is 19.3. The van der Waals surface area contributed by atoms with Gasteiger partial charge in [-0.05, 0) is 68.0 Å². The van der Waals surface area contributed by atoms with Crippen molar-refractivity contribution in [3.8, 4) is 11.5 Å². The molecule has 0 bridgehead atoms. The van der Waals surface area contributed by atoms with Crippen LogP contribution in [0.1, 0.15) is 40.7 Å². The van der Waals surface area contributed by atoms with Crippen LogP contribution >= 0.6 is 22.6 Å². The van der Waals surface area contributed by atoms with Crippen molar-refractivity contribution in [2.75, 3.05) is 27.3 Å². The van der Waals surface area contributed by atoms with Gasteiger partial charge < -0.3 is 9.47 Å². The minimum Gasteiger partial charge on any atom is -0.493 e. The SMILES string of the molecule is COc1cc2c(cc1OC)C(=O)C(I)(CC1CCN(Cc3ccccc3)CC1)C2. The van der Waals surface area contributed by atoms with Gasteiger partial charge in [0.1, 0.15) is 0 Å². The molecule has 0 aromatic heterocycles. The van der Waals surface area contributed by atoms with Crippen LogP contribution in [0.25, 0.3) is 0 Å². The number of carbonyl (C=O) groups excluding carboxylic acids is 1. The van der Waals surface area contributed by atoms with Crippen LogP contribution in [0, 0.1) is 5.92 Å². The Morgan fingerprint density at radius 3 is 2.38 bits per heavy atom. The lowest BCUT2D eigenvalue weighted by Crippen LogP contribution is -2.38. The molecule has 2 aromatic carbocycles. The lowest BCUT2D eigenvalue weighted by atomic mass is 9.85. The van der Waals surface area contributed by atoms with Crippen molar-refractivity contribution in [1.82, 2.24) is 4.90 Å². The van der Waals surface area contributed by atoms with Crippen LogP contribution in [0.15, 0.2) is 42.5 Å². The second kappa shape index (κ2) is 8.64. The molecule has 5 heteroatoms. The van der Waals surface area contributed by atoms with Crippen molar-refractivity contribution >= 4 is 28.4 Å². The standard InChI is InChI=1S/C24H28INO3/c1-28-21-12-19-15-24(25,23(27)20(19)13-22(21)29-2)14-17-8-10-26(11-9-17)16-18-6-4-3-5-7-18/h3-7,12-13,17H,8-11,14-16H2,1-2H3. The zero-order valence-electron chi connectivity index (χ0n) is 17.1. The number of Topliss-reactive ketones (excluding diaryl/α,β-unsaturated/α-hetero) is 1. The predicted molar refractivity (Wildman–Crippen MR) is 123 cm³/mol. The van der Waals surface area contributed by atoms with E-state index in [1.54, 1.807) is 14.2 Å². The van der Waals surface area contributed by atoms with Gasteiger partial charge in [0.2, 0.25) is 0 Å². The first-order valence-corrected chi connectivity index (χ1v) is 11.3. The van der Waals surface area contributed by atoms with Crippen molar-refractivity contribution < 1.29 is 14.3 Å². The second-order valence-electron chi connectivity index (χ2n) is 8.24. The average Bonchev–Trinajstić information content (AvgIpc) is 2.98. The van der Waals surface area contributed by atoms with E-state index in [-0.39, 0.29) is 9.20 Å². The predicted octanol–water partition coefficient (Wildman–Crippen LogP) is 4.92. The zero-order chi connectivity index (χ0) is 20.4. The van der Waals surface area contributed by atoms with Crippen LogP contribution in [0.4, 0.5) is 0 Å². The monoisotopic (exact) mass is 505 g/mol. The summed E-state index contributed by atoms with van der Waals surface area (Å²) in [4.78, 5) is 15.8. The van der Waals surface area contributed by atoms with E-state index in [2.05, 4.69) is 57.8 Å². The number of ether oxygens (including phenoxy) is 2. The van der Waals surface area contributed by atoms with Gasteiger partial charge in [-0.1, -0.05) is 52.9 Å². The molecular weight excluding hydrogens is 477 g/mol. The van der Waals surface area contributed by atoms with Crippen molar-refractivity contribution in [3.63, 3.8) is 0 Å². The van der Waals surface area contributed by atoms with E-state index in [0.717, 1.165) is 56.4 Å². The Kier molecular flexibility index (Phi) is 6.16. The Hall–Kier alpha value is -1.60. The third-order valence-corrected chi connectivity index (χ3v) is 7.61. The lowest BCUT2D eigenvalue weighted by molar-refractivity contribution is 0.0935. The first-order valence-electron chi connectivity index (χ1n) is 10.3. The van der Waals surface area contributed by atoms with E-state index in [1.165, 1.54) is 5.56 Å². The molecule has 1 aliphatic heterocycles. The van der Waals surface area contributed by atoms with Gasteiger partial charge in [0, 0.05) is 12.1 Å². The molecule has 0 N–H and O–H groups in total. The molecule has 1 saturated heterocycles. The summed E-state index contributed by atoms with van der Waals surface area (Å²) >= 11 is 2.42. The van der Waals surface area contributed by atoms with Gasteiger partial charge in [0.25, 0.3) is 0 Å². The minimum atomic E-state index is -0.344. The number of fused-ring (bicyclic) bond motifs is 1. The molecule has 0 spiro atoms. The number of benzene rings is 2. The van der Waals surface area contributed by atoms with Gasteiger partial charge in [-0.3, -0.25) is 9.69 Å². The third-order valence-electron chi connectivity index (χ3n) is 6.30. The summed E-state index contributed by atoms with van der Waals surface area (Å²) < 4.78 is 10.5. The van der Waals surface area contributed by atoms with Gasteiger partial charge in [-0.2, -0.15) is 0 Å². The van der Waals surface area contributed by atoms with Crippen LogP contribution in [0.5, 0.6) is 11.5 Å². The minimum absolute atomic E-state index is 0.251. The number of hydrogen-bond donors (Lipinski definition) is 0. The van der Waals surface area contributed by atoms with Crippen LogP contribution < -0.4 is 9.47 Å². The molecule has 4 rings (SSSR count). The molecule has 0 amide bonds. The van der Waals surface area contributed by atoms with E-state index >= 15 is 0 Å². The number of rotatable bonds is 6. The molecule has 1 heterocycles. The molecule has 154 valence electrons. The number of hydrogen-bond acceptors (Lipinski definition) is 4. The number of likely N-dealkylation sites (tertiary alicyclic amines) is 1. The summed E-state index contributed by atoms with van der Waals surface area (Å²) in [5.74, 6) is 2.19. The Labute approximate surface area is 186 Å². The number of ketones is 1. The molecule has 4 nitrogen and oxygen atoms in total. The van der Waals surface area contributed by atoms with Crippen molar-refractivity contribution in [1.29, 1.82) is 0 Å². The Bertz CT molecular complexity index is 877. The topological polar surface area (TPSA) is 38.8 Å². The van der Waals surface area contributed by atoms with E-state index in [0.29, 0.717) is 17.4 Å². The van der Waals surface area contributed by atoms with Crippen molar-refractivity contribution in [3.05, 3.63) is 59.2 Å². The summed E-state index contributed by atoms with van der Waals surface area (Å²) in [7, 11) is 3.26. The lowest BCUT2D eigenvalue weighted by Gasteiger charge is -2.35. The Morgan fingerprint density at radius 2 is 1.72 bits per heavy atom. The third kappa shape index (κ3) is 4.31. The molecule has 1 unspecified atom stereocenters. The quantitative estimate of drug-likeness (QED) is 0.413. The molecule has 2 aromatic rings. The number of methoxy groups -OCH3 is 2. The fraction of sp³-hybridized carbons (Fsp3) is 0.458. The largest absolute Gasteiger partial charge is 0.493 e. The molecular formula is C24H28INO3. The number of alkyl halides is 1. The summed E-state index contributed by atoms with van der Waals surface area (Å²) in [5, 5.41) is 0. The van der Waals surface area contributed by atoms with Gasteiger partial charge in [0.15, 0.2) is 17.3 Å². The number of halogens is 1. The molecule has 0 saturated carbocycles. The highest BCUT2D eigenvalue weighted by Gasteiger charge is 2.45. The normalized spacial score (nSPS) is 22.5. The molecule has 1 fully saturated rings. The second-order valence-corrected chi connectivity index (χ2v) is 10.3. The first-order chi connectivity index (χ1) is 14.0. The first kappa shape index (κ1) is 20.7. The fourth-order valence-electron chi connectivity index (χ4n) is 4.71. The van der Waals surface area contributed by atoms with Crippen LogP contribution in [0.3, 0.4) is 0 Å². The van der Waals surface area contributed by atoms with Gasteiger partial charge in [-0.25, -0.2) is 0 Å². The van der Waals surface area contributed by atoms with Gasteiger partial charge in [-0.15, -0.1) is 0 Å². The highest BCUT2D eigenvalue weighted by molar-refractivity contribution is 14.1. The van der Waals surface area contributed by atoms with Crippen LogP contribution in [-0.4, -0.2) is 41.4 Å². The van der Waals surface area contributed by atoms with E-state index in [9.17, 15) is 4.79 Å². The summed E-state index contributed by atoms with van der Waals surface area (Å²) in [6.07, 6.45) is 4.05. The molecule has 1 atom stereocenters. The van der Waals surface area contributed by atoms with Crippen molar-refractivity contribution in [2.45, 2.75) is 35.6 Å². The van der Waals surface area contributed by atoms with E-state index < -0.39 is 0 Å². The Morgan fingerprint density at radius 1 is 1.07 bits per heavy atom. The summed E-state index contributed by atoms with van der Waals surface area (Å²) in [5.41, 5.74) is 3.27. The highest BCUT2D eigenvalue weighted by atomic mass is 127. The molecule has 2 aliphatic rings. The van der Waals surface area contributed by atoms with Gasteiger partial charge >= 0.3 is 0 Å². The van der Waals surface area contributed by atoms with E-state index in [4.69, 9.17) is 9.47 Å². The molecule has 29 heavy (non-hydrogen) atoms. The summed E-state index contributed by atoms with van der Waals surface area (Å²) in [6.45, 7) is 3.23. The van der Waals surface area contributed by atoms with Crippen LogP contribution in [0.2, 0.25) is 0 Å².